The van der Waals surface area contributed by atoms with Gasteiger partial charge in [-0.05, 0) is 36.5 Å². The molecule has 0 aliphatic carbocycles. The average Bonchev–Trinajstić information content (AvgIpc) is 2.78. The third kappa shape index (κ3) is 5.30. The molecule has 0 unspecified atom stereocenters. The molecule has 1 heterocycles. The third-order valence-electron chi connectivity index (χ3n) is 4.72. The van der Waals surface area contributed by atoms with E-state index < -0.39 is 5.91 Å². The molecule has 2 aromatic carbocycles. The van der Waals surface area contributed by atoms with Crippen molar-refractivity contribution in [2.24, 2.45) is 0 Å². The van der Waals surface area contributed by atoms with Crippen LogP contribution in [0, 0.1) is 0 Å². The number of nitrogens with one attached hydrogen (secondary N) is 2. The lowest BCUT2D eigenvalue weighted by atomic mass is 10.1. The van der Waals surface area contributed by atoms with Gasteiger partial charge in [0.25, 0.3) is 5.91 Å². The minimum atomic E-state index is -0.424. The maximum absolute atomic E-state index is 12.8. The molecule has 1 aliphatic rings. The van der Waals surface area contributed by atoms with Crippen molar-refractivity contribution in [3.63, 3.8) is 0 Å². The first kappa shape index (κ1) is 22.9. The molecule has 8 nitrogen and oxygen atoms in total. The highest BCUT2D eigenvalue weighted by Crippen LogP contribution is 2.38. The van der Waals surface area contributed by atoms with Gasteiger partial charge in [-0.3, -0.25) is 10.1 Å². The zero-order valence-electron chi connectivity index (χ0n) is 17.5. The van der Waals surface area contributed by atoms with E-state index in [1.165, 1.54) is 21.3 Å². The molecule has 3 rings (SSSR count). The number of carbonyl (C=O) groups excluding carboxylic acids is 1. The first-order chi connectivity index (χ1) is 15.0. The summed E-state index contributed by atoms with van der Waals surface area (Å²) in [4.78, 5) is 14.9. The Labute approximate surface area is 191 Å². The number of nitrogens with zero attached hydrogens (tertiary/aromatic N) is 1. The van der Waals surface area contributed by atoms with Gasteiger partial charge in [0.15, 0.2) is 16.6 Å². The van der Waals surface area contributed by atoms with Crippen molar-refractivity contribution in [2.75, 3.05) is 57.8 Å². The standard InChI is InChI=1S/C21H24ClN3O5S/c1-27-16-11-13(12-17(28-2)19(16)29-3)20(26)24-21(31)23-15-6-4-5-14(22)18(15)25-7-9-30-10-8-25/h4-6,11-12H,7-10H2,1-3H3,(H2,23,24,26,31). The first-order valence-electron chi connectivity index (χ1n) is 9.52. The van der Waals surface area contributed by atoms with Gasteiger partial charge < -0.3 is 29.2 Å². The van der Waals surface area contributed by atoms with Crippen molar-refractivity contribution in [3.05, 3.63) is 40.9 Å². The summed E-state index contributed by atoms with van der Waals surface area (Å²) in [6, 6.07) is 8.59. The van der Waals surface area contributed by atoms with Gasteiger partial charge in [0.1, 0.15) is 0 Å². The fourth-order valence-electron chi connectivity index (χ4n) is 3.27. The van der Waals surface area contributed by atoms with Crippen LogP contribution >= 0.6 is 23.8 Å². The van der Waals surface area contributed by atoms with Gasteiger partial charge in [0.2, 0.25) is 5.75 Å². The molecule has 0 aromatic heterocycles. The fourth-order valence-corrected chi connectivity index (χ4v) is 3.76. The van der Waals surface area contributed by atoms with Crippen LogP contribution < -0.4 is 29.7 Å². The first-order valence-corrected chi connectivity index (χ1v) is 10.3. The number of anilines is 2. The molecule has 31 heavy (non-hydrogen) atoms. The summed E-state index contributed by atoms with van der Waals surface area (Å²) in [6.07, 6.45) is 0. The number of halogens is 1. The molecule has 1 aliphatic heterocycles. The van der Waals surface area contributed by atoms with Gasteiger partial charge in [-0.2, -0.15) is 0 Å². The van der Waals surface area contributed by atoms with Crippen LogP contribution in [0.3, 0.4) is 0 Å². The third-order valence-corrected chi connectivity index (χ3v) is 5.23. The number of morpholine rings is 1. The number of hydrogen-bond acceptors (Lipinski definition) is 7. The second-order valence-corrected chi connectivity index (χ2v) is 7.37. The van der Waals surface area contributed by atoms with E-state index in [-0.39, 0.29) is 5.11 Å². The molecule has 1 fully saturated rings. The normalized spacial score (nSPS) is 13.4. The fraction of sp³-hybridized carbons (Fsp3) is 0.333. The van der Waals surface area contributed by atoms with E-state index in [0.717, 1.165) is 5.69 Å². The number of carbonyl (C=O) groups is 1. The molecule has 0 bridgehead atoms. The van der Waals surface area contributed by atoms with Crippen LogP contribution in [0.5, 0.6) is 17.2 Å². The molecule has 166 valence electrons. The molecule has 2 N–H and O–H groups in total. The highest BCUT2D eigenvalue weighted by molar-refractivity contribution is 7.80. The van der Waals surface area contributed by atoms with E-state index in [2.05, 4.69) is 15.5 Å². The predicted octanol–water partition coefficient (Wildman–Crippen LogP) is 3.33. The predicted molar refractivity (Wildman–Crippen MR) is 124 cm³/mol. The number of amides is 1. The summed E-state index contributed by atoms with van der Waals surface area (Å²) in [5.74, 6) is 0.716. The van der Waals surface area contributed by atoms with Gasteiger partial charge in [-0.25, -0.2) is 0 Å². The number of para-hydroxylation sites is 1. The Balaban J connectivity index is 1.77. The number of thiocarbonyl (C=S) groups is 1. The van der Waals surface area contributed by atoms with E-state index in [1.807, 2.05) is 18.2 Å². The lowest BCUT2D eigenvalue weighted by Gasteiger charge is -2.31. The van der Waals surface area contributed by atoms with Crippen molar-refractivity contribution < 1.29 is 23.7 Å². The SMILES string of the molecule is COc1cc(C(=O)NC(=S)Nc2cccc(Cl)c2N2CCOCC2)cc(OC)c1OC. The van der Waals surface area contributed by atoms with Crippen molar-refractivity contribution in [2.45, 2.75) is 0 Å². The summed E-state index contributed by atoms with van der Waals surface area (Å²) in [5.41, 5.74) is 1.82. The molecule has 0 spiro atoms. The minimum Gasteiger partial charge on any atom is -0.493 e. The zero-order chi connectivity index (χ0) is 22.4. The van der Waals surface area contributed by atoms with Crippen LogP contribution in [0.1, 0.15) is 10.4 Å². The topological polar surface area (TPSA) is 81.3 Å². The summed E-state index contributed by atoms with van der Waals surface area (Å²) >= 11 is 11.8. The van der Waals surface area contributed by atoms with Crippen LogP contribution in [-0.2, 0) is 4.74 Å². The highest BCUT2D eigenvalue weighted by Gasteiger charge is 2.20. The molecule has 0 atom stereocenters. The maximum atomic E-state index is 12.8. The lowest BCUT2D eigenvalue weighted by Crippen LogP contribution is -2.38. The number of rotatable bonds is 6. The van der Waals surface area contributed by atoms with Gasteiger partial charge in [-0.15, -0.1) is 0 Å². The van der Waals surface area contributed by atoms with Crippen molar-refractivity contribution in [1.29, 1.82) is 0 Å². The van der Waals surface area contributed by atoms with E-state index in [4.69, 9.17) is 42.8 Å². The second-order valence-electron chi connectivity index (χ2n) is 6.56. The molecule has 0 radical (unpaired) electrons. The maximum Gasteiger partial charge on any atom is 0.257 e. The van der Waals surface area contributed by atoms with E-state index >= 15 is 0 Å². The molecule has 2 aromatic rings. The number of methoxy groups -OCH3 is 3. The smallest absolute Gasteiger partial charge is 0.257 e. The van der Waals surface area contributed by atoms with Crippen molar-refractivity contribution in [3.8, 4) is 17.2 Å². The van der Waals surface area contributed by atoms with Crippen LogP contribution in [0.15, 0.2) is 30.3 Å². The number of hydrogen-bond donors (Lipinski definition) is 2. The van der Waals surface area contributed by atoms with Crippen LogP contribution in [0.2, 0.25) is 5.02 Å². The Morgan fingerprint density at radius 3 is 2.32 bits per heavy atom. The van der Waals surface area contributed by atoms with E-state index in [0.29, 0.717) is 59.8 Å². The number of benzene rings is 2. The second kappa shape index (κ2) is 10.5. The lowest BCUT2D eigenvalue weighted by molar-refractivity contribution is 0.0977. The van der Waals surface area contributed by atoms with Crippen molar-refractivity contribution >= 4 is 46.2 Å². The van der Waals surface area contributed by atoms with Crippen LogP contribution in [-0.4, -0.2) is 58.7 Å². The van der Waals surface area contributed by atoms with Gasteiger partial charge >= 0.3 is 0 Å². The molecular formula is C21H24ClN3O5S. The molecule has 0 saturated carbocycles. The molecule has 10 heteroatoms. The van der Waals surface area contributed by atoms with E-state index in [9.17, 15) is 4.79 Å². The van der Waals surface area contributed by atoms with E-state index in [1.54, 1.807) is 12.1 Å². The molecule has 1 saturated heterocycles. The van der Waals surface area contributed by atoms with Crippen molar-refractivity contribution in [1.82, 2.24) is 5.32 Å². The van der Waals surface area contributed by atoms with Crippen LogP contribution in [0.4, 0.5) is 11.4 Å². The Kier molecular flexibility index (Phi) is 7.78. The van der Waals surface area contributed by atoms with Gasteiger partial charge in [0.05, 0.1) is 50.9 Å². The summed E-state index contributed by atoms with van der Waals surface area (Å²) in [7, 11) is 4.46. The Morgan fingerprint density at radius 2 is 1.74 bits per heavy atom. The summed E-state index contributed by atoms with van der Waals surface area (Å²) in [5, 5.41) is 6.48. The largest absolute Gasteiger partial charge is 0.493 e. The Bertz CT molecular complexity index is 941. The van der Waals surface area contributed by atoms with Gasteiger partial charge in [0, 0.05) is 18.7 Å². The molecular weight excluding hydrogens is 442 g/mol. The minimum absolute atomic E-state index is 0.135. The zero-order valence-corrected chi connectivity index (χ0v) is 19.1. The number of ether oxygens (including phenoxy) is 4. The Morgan fingerprint density at radius 1 is 1.10 bits per heavy atom. The average molecular weight is 466 g/mol. The molecule has 1 amide bonds. The van der Waals surface area contributed by atoms with Gasteiger partial charge in [-0.1, -0.05) is 17.7 Å². The highest BCUT2D eigenvalue weighted by atomic mass is 35.5. The van der Waals surface area contributed by atoms with Crippen LogP contribution in [0.25, 0.3) is 0 Å². The quantitative estimate of drug-likeness (QED) is 0.629. The monoisotopic (exact) mass is 465 g/mol. The Hall–Kier alpha value is -2.75. The summed E-state index contributed by atoms with van der Waals surface area (Å²) < 4.78 is 21.3. The summed E-state index contributed by atoms with van der Waals surface area (Å²) in [6.45, 7) is 2.66.